The van der Waals surface area contributed by atoms with Gasteiger partial charge in [-0.25, -0.2) is 0 Å². The van der Waals surface area contributed by atoms with Gasteiger partial charge in [0, 0.05) is 23.8 Å². The zero-order valence-electron chi connectivity index (χ0n) is 20.2. The van der Waals surface area contributed by atoms with Gasteiger partial charge in [0.2, 0.25) is 0 Å². The van der Waals surface area contributed by atoms with Gasteiger partial charge in [-0.2, -0.15) is 0 Å². The molecule has 188 valence electrons. The van der Waals surface area contributed by atoms with Crippen LogP contribution in [0.3, 0.4) is 0 Å². The lowest BCUT2D eigenvalue weighted by molar-refractivity contribution is 0.176. The molecule has 0 amide bonds. The van der Waals surface area contributed by atoms with E-state index in [0.29, 0.717) is 34.3 Å². The molecule has 7 heteroatoms. The van der Waals surface area contributed by atoms with Crippen molar-refractivity contribution < 1.29 is 10.2 Å². The molecule has 3 aromatic carbocycles. The zero-order chi connectivity index (χ0) is 24.9. The first-order valence-corrected chi connectivity index (χ1v) is 13.5. The number of thiazole rings is 1. The summed E-state index contributed by atoms with van der Waals surface area (Å²) in [4.78, 5) is 14.1. The van der Waals surface area contributed by atoms with Crippen molar-refractivity contribution in [1.29, 1.82) is 0 Å². The molecule has 36 heavy (non-hydrogen) atoms. The monoisotopic (exact) mass is 503 g/mol. The Kier molecular flexibility index (Phi) is 7.70. The normalized spacial score (nSPS) is 18.8. The molecule has 1 saturated carbocycles. The second-order valence-electron chi connectivity index (χ2n) is 9.67. The first-order chi connectivity index (χ1) is 17.6. The maximum Gasteiger partial charge on any atom is 0.305 e. The van der Waals surface area contributed by atoms with Gasteiger partial charge < -0.3 is 25.8 Å². The molecule has 6 nitrogen and oxygen atoms in total. The van der Waals surface area contributed by atoms with E-state index in [0.717, 1.165) is 24.3 Å². The number of hydrogen-bond donors (Lipinski definition) is 5. The van der Waals surface area contributed by atoms with E-state index in [2.05, 4.69) is 70.2 Å². The summed E-state index contributed by atoms with van der Waals surface area (Å²) in [6.45, 7) is 1.10. The molecule has 0 bridgehead atoms. The van der Waals surface area contributed by atoms with Gasteiger partial charge in [-0.3, -0.25) is 4.79 Å². The Morgan fingerprint density at radius 2 is 1.81 bits per heavy atom. The van der Waals surface area contributed by atoms with Crippen molar-refractivity contribution in [2.24, 2.45) is 0 Å². The molecule has 0 spiro atoms. The van der Waals surface area contributed by atoms with E-state index in [1.807, 2.05) is 0 Å². The van der Waals surface area contributed by atoms with Crippen LogP contribution in [0.15, 0.2) is 71.5 Å². The molecular weight excluding hydrogens is 470 g/mol. The van der Waals surface area contributed by atoms with Crippen LogP contribution in [0.4, 0.5) is 5.69 Å². The lowest BCUT2D eigenvalue weighted by Gasteiger charge is -2.30. The fourth-order valence-corrected chi connectivity index (χ4v) is 6.15. The third-order valence-electron chi connectivity index (χ3n) is 7.17. The number of hydrogen-bond acceptors (Lipinski definition) is 6. The van der Waals surface area contributed by atoms with Crippen molar-refractivity contribution in [2.45, 2.75) is 50.2 Å². The number of benzene rings is 3. The Morgan fingerprint density at radius 1 is 1.00 bits per heavy atom. The van der Waals surface area contributed by atoms with Crippen LogP contribution in [0.1, 0.15) is 54.4 Å². The number of aliphatic hydroxyl groups excluding tert-OH is 1. The second-order valence-corrected chi connectivity index (χ2v) is 10.6. The van der Waals surface area contributed by atoms with Gasteiger partial charge in [0.1, 0.15) is 11.3 Å². The summed E-state index contributed by atoms with van der Waals surface area (Å²) in [6, 6.07) is 23.2. The van der Waals surface area contributed by atoms with Gasteiger partial charge in [0.05, 0.1) is 10.8 Å². The standard InChI is InChI=1S/C29H33N3O3S/c33-25-14-13-24(28-27(25)32-29(35)36-28)26(34)18-30-16-15-19-5-4-8-23(17-19)31-22-11-9-21(10-12-22)20-6-2-1-3-7-20/h1-8,13-14,17,21-22,26,30-31,33-34H,9-12,15-16,18H2,(H,32,35)/t21?,22?,26-/m0/s1. The molecule has 0 radical (unpaired) electrons. The first-order valence-electron chi connectivity index (χ1n) is 12.7. The molecule has 1 aliphatic carbocycles. The van der Waals surface area contributed by atoms with E-state index in [1.165, 1.54) is 48.6 Å². The summed E-state index contributed by atoms with van der Waals surface area (Å²) in [5.74, 6) is 0.694. The largest absolute Gasteiger partial charge is 0.506 e. The lowest BCUT2D eigenvalue weighted by atomic mass is 9.81. The Labute approximate surface area is 215 Å². The number of phenolic OH excluding ortho intramolecular Hbond substituents is 1. The average molecular weight is 504 g/mol. The lowest BCUT2D eigenvalue weighted by Crippen LogP contribution is -2.25. The number of aromatic amines is 1. The molecule has 5 N–H and O–H groups in total. The third-order valence-corrected chi connectivity index (χ3v) is 8.10. The highest BCUT2D eigenvalue weighted by Crippen LogP contribution is 2.34. The van der Waals surface area contributed by atoms with Crippen LogP contribution in [0.2, 0.25) is 0 Å². The minimum Gasteiger partial charge on any atom is -0.506 e. The number of nitrogens with one attached hydrogen (secondary N) is 3. The maximum atomic E-state index is 11.7. The van der Waals surface area contributed by atoms with Gasteiger partial charge in [0.25, 0.3) is 0 Å². The maximum absolute atomic E-state index is 11.7. The topological polar surface area (TPSA) is 97.4 Å². The number of H-pyrrole nitrogens is 1. The van der Waals surface area contributed by atoms with Crippen molar-refractivity contribution in [3.8, 4) is 5.75 Å². The Hall–Kier alpha value is -3.13. The molecule has 5 rings (SSSR count). The van der Waals surface area contributed by atoms with Gasteiger partial charge >= 0.3 is 4.87 Å². The molecular formula is C29H33N3O3S. The highest BCUT2D eigenvalue weighted by Gasteiger charge is 2.22. The Balaban J connectivity index is 1.09. The van der Waals surface area contributed by atoms with Crippen LogP contribution in [0, 0.1) is 0 Å². The van der Waals surface area contributed by atoms with Gasteiger partial charge in [-0.05, 0) is 73.9 Å². The summed E-state index contributed by atoms with van der Waals surface area (Å²) in [6.07, 6.45) is 4.90. The van der Waals surface area contributed by atoms with E-state index in [1.54, 1.807) is 6.07 Å². The first kappa shape index (κ1) is 24.6. The van der Waals surface area contributed by atoms with E-state index in [4.69, 9.17) is 0 Å². The number of fused-ring (bicyclic) bond motifs is 1. The number of phenols is 1. The van der Waals surface area contributed by atoms with Crippen LogP contribution in [0.25, 0.3) is 10.2 Å². The van der Waals surface area contributed by atoms with E-state index < -0.39 is 6.10 Å². The molecule has 1 heterocycles. The predicted octanol–water partition coefficient (Wildman–Crippen LogP) is 5.30. The van der Waals surface area contributed by atoms with Crippen LogP contribution in [0.5, 0.6) is 5.75 Å². The summed E-state index contributed by atoms with van der Waals surface area (Å²) < 4.78 is 0.603. The molecule has 1 aliphatic rings. The third kappa shape index (κ3) is 5.81. The van der Waals surface area contributed by atoms with Crippen LogP contribution in [-0.2, 0) is 6.42 Å². The number of anilines is 1. The Bertz CT molecular complexity index is 1340. The second kappa shape index (κ2) is 11.3. The van der Waals surface area contributed by atoms with Crippen molar-refractivity contribution in [3.63, 3.8) is 0 Å². The van der Waals surface area contributed by atoms with Crippen molar-refractivity contribution in [2.75, 3.05) is 18.4 Å². The Morgan fingerprint density at radius 3 is 2.61 bits per heavy atom. The molecule has 0 aliphatic heterocycles. The molecule has 0 saturated heterocycles. The summed E-state index contributed by atoms with van der Waals surface area (Å²) in [5.41, 5.74) is 4.92. The van der Waals surface area contributed by atoms with Gasteiger partial charge in [-0.1, -0.05) is 59.9 Å². The fourth-order valence-electron chi connectivity index (χ4n) is 5.23. The summed E-state index contributed by atoms with van der Waals surface area (Å²) in [7, 11) is 0. The van der Waals surface area contributed by atoms with Crippen molar-refractivity contribution >= 4 is 27.2 Å². The highest BCUT2D eigenvalue weighted by molar-refractivity contribution is 7.16. The molecule has 1 aromatic heterocycles. The highest BCUT2D eigenvalue weighted by atomic mass is 32.1. The van der Waals surface area contributed by atoms with E-state index in [9.17, 15) is 15.0 Å². The van der Waals surface area contributed by atoms with E-state index >= 15 is 0 Å². The van der Waals surface area contributed by atoms with E-state index in [-0.39, 0.29) is 10.6 Å². The number of rotatable bonds is 9. The molecule has 1 fully saturated rings. The molecule has 4 aromatic rings. The summed E-state index contributed by atoms with van der Waals surface area (Å²) in [5, 5.41) is 27.7. The smallest absolute Gasteiger partial charge is 0.305 e. The van der Waals surface area contributed by atoms with Crippen LogP contribution < -0.4 is 15.5 Å². The SMILES string of the molecule is O=c1[nH]c2c(O)ccc([C@@H](O)CNCCc3cccc(NC4CCC(c5ccccc5)CC4)c3)c2s1. The summed E-state index contributed by atoms with van der Waals surface area (Å²) >= 11 is 1.01. The van der Waals surface area contributed by atoms with Gasteiger partial charge in [-0.15, -0.1) is 0 Å². The molecule has 0 unspecified atom stereocenters. The predicted molar refractivity (Wildman–Crippen MR) is 147 cm³/mol. The number of aromatic hydroxyl groups is 1. The van der Waals surface area contributed by atoms with Crippen molar-refractivity contribution in [3.05, 3.63) is 93.1 Å². The molecule has 1 atom stereocenters. The number of aromatic nitrogens is 1. The zero-order valence-corrected chi connectivity index (χ0v) is 21.1. The minimum atomic E-state index is -0.765. The van der Waals surface area contributed by atoms with Crippen LogP contribution in [-0.4, -0.2) is 34.3 Å². The minimum absolute atomic E-state index is 0.0185. The van der Waals surface area contributed by atoms with Crippen molar-refractivity contribution in [1.82, 2.24) is 10.3 Å². The van der Waals surface area contributed by atoms with Gasteiger partial charge in [0.15, 0.2) is 0 Å². The fraction of sp³-hybridized carbons (Fsp3) is 0.345. The van der Waals surface area contributed by atoms with Crippen LogP contribution >= 0.6 is 11.3 Å². The average Bonchev–Trinajstić information content (AvgIpc) is 3.30. The number of aliphatic hydroxyl groups is 1. The quantitative estimate of drug-likeness (QED) is 0.200.